The highest BCUT2D eigenvalue weighted by molar-refractivity contribution is 5.97. The molecule has 0 fully saturated rings. The summed E-state index contributed by atoms with van der Waals surface area (Å²) in [5, 5.41) is 8.85. The molecule has 0 aliphatic heterocycles. The summed E-state index contributed by atoms with van der Waals surface area (Å²) in [5.41, 5.74) is 5.85. The molecule has 0 aliphatic carbocycles. The van der Waals surface area contributed by atoms with Gasteiger partial charge >= 0.3 is 0 Å². The maximum atomic E-state index is 11.6. The van der Waals surface area contributed by atoms with Gasteiger partial charge < -0.3 is 15.5 Å². The van der Waals surface area contributed by atoms with Crippen LogP contribution in [0.25, 0.3) is 0 Å². The summed E-state index contributed by atoms with van der Waals surface area (Å²) in [6.45, 7) is 2.18. The number of carbonyl (C=O) groups is 1. The van der Waals surface area contributed by atoms with Gasteiger partial charge in [0.15, 0.2) is 0 Å². The number of aromatic amines is 1. The van der Waals surface area contributed by atoms with E-state index in [4.69, 9.17) is 10.2 Å². The van der Waals surface area contributed by atoms with Crippen LogP contribution < -0.4 is 11.1 Å². The van der Waals surface area contributed by atoms with E-state index in [0.29, 0.717) is 17.9 Å². The molecular weight excluding hydrogens is 208 g/mol. The van der Waals surface area contributed by atoms with Crippen molar-refractivity contribution in [3.05, 3.63) is 35.4 Å². The Hall–Kier alpha value is -2.24. The van der Waals surface area contributed by atoms with Gasteiger partial charge in [-0.05, 0) is 19.1 Å². The fourth-order valence-electron chi connectivity index (χ4n) is 1.32. The Morgan fingerprint density at radius 2 is 2.44 bits per heavy atom. The van der Waals surface area contributed by atoms with Crippen LogP contribution >= 0.6 is 0 Å². The van der Waals surface area contributed by atoms with Crippen molar-refractivity contribution in [1.82, 2.24) is 15.5 Å². The van der Waals surface area contributed by atoms with E-state index in [1.807, 2.05) is 19.1 Å². The first-order chi connectivity index (χ1) is 7.66. The Bertz CT molecular complexity index is 500. The van der Waals surface area contributed by atoms with Crippen LogP contribution in [0.15, 0.2) is 22.7 Å². The van der Waals surface area contributed by atoms with E-state index >= 15 is 0 Å². The molecule has 16 heavy (non-hydrogen) atoms. The highest BCUT2D eigenvalue weighted by atomic mass is 16.3. The van der Waals surface area contributed by atoms with Crippen LogP contribution in [0.4, 0.5) is 5.82 Å². The molecule has 0 aliphatic rings. The lowest BCUT2D eigenvalue weighted by atomic mass is 10.3. The number of aryl methyl sites for hydroxylation is 1. The molecule has 1 amide bonds. The Morgan fingerprint density at radius 1 is 1.62 bits per heavy atom. The second-order valence-corrected chi connectivity index (χ2v) is 3.39. The molecule has 84 valence electrons. The SMILES string of the molecule is Cc1ccc(CNC(=O)c2cn[nH]c2N)o1. The third-order valence-corrected chi connectivity index (χ3v) is 2.13. The summed E-state index contributed by atoms with van der Waals surface area (Å²) in [7, 11) is 0. The van der Waals surface area contributed by atoms with Crippen molar-refractivity contribution in [2.24, 2.45) is 0 Å². The van der Waals surface area contributed by atoms with E-state index in [1.165, 1.54) is 6.20 Å². The number of amides is 1. The van der Waals surface area contributed by atoms with Crippen molar-refractivity contribution in [3.8, 4) is 0 Å². The number of anilines is 1. The third-order valence-electron chi connectivity index (χ3n) is 2.13. The normalized spacial score (nSPS) is 10.3. The van der Waals surface area contributed by atoms with E-state index in [9.17, 15) is 4.79 Å². The molecular formula is C10H12N4O2. The van der Waals surface area contributed by atoms with Gasteiger partial charge in [0.1, 0.15) is 22.9 Å². The minimum Gasteiger partial charge on any atom is -0.465 e. The summed E-state index contributed by atoms with van der Waals surface area (Å²) >= 11 is 0. The number of nitrogen functional groups attached to an aromatic ring is 1. The van der Waals surface area contributed by atoms with Crippen LogP contribution in [-0.2, 0) is 6.54 Å². The number of carbonyl (C=O) groups excluding carboxylic acids is 1. The molecule has 2 aromatic rings. The van der Waals surface area contributed by atoms with Crippen LogP contribution in [0.5, 0.6) is 0 Å². The van der Waals surface area contributed by atoms with Gasteiger partial charge in [-0.2, -0.15) is 5.10 Å². The summed E-state index contributed by atoms with van der Waals surface area (Å²) in [6.07, 6.45) is 1.39. The van der Waals surface area contributed by atoms with Gasteiger partial charge in [-0.15, -0.1) is 0 Å². The number of nitrogens with one attached hydrogen (secondary N) is 2. The molecule has 0 bridgehead atoms. The van der Waals surface area contributed by atoms with E-state index in [-0.39, 0.29) is 11.7 Å². The lowest BCUT2D eigenvalue weighted by molar-refractivity contribution is 0.0949. The second-order valence-electron chi connectivity index (χ2n) is 3.39. The molecule has 6 nitrogen and oxygen atoms in total. The van der Waals surface area contributed by atoms with E-state index in [1.54, 1.807) is 0 Å². The molecule has 0 radical (unpaired) electrons. The lowest BCUT2D eigenvalue weighted by Gasteiger charge is -2.01. The van der Waals surface area contributed by atoms with Crippen molar-refractivity contribution < 1.29 is 9.21 Å². The minimum atomic E-state index is -0.277. The number of hydrogen-bond donors (Lipinski definition) is 3. The van der Waals surface area contributed by atoms with Gasteiger partial charge in [0.2, 0.25) is 0 Å². The summed E-state index contributed by atoms with van der Waals surface area (Å²) < 4.78 is 5.31. The average molecular weight is 220 g/mol. The first kappa shape index (κ1) is 10.3. The topological polar surface area (TPSA) is 96.9 Å². The van der Waals surface area contributed by atoms with Gasteiger partial charge in [-0.25, -0.2) is 0 Å². The second kappa shape index (κ2) is 4.09. The van der Waals surface area contributed by atoms with Crippen LogP contribution in [-0.4, -0.2) is 16.1 Å². The van der Waals surface area contributed by atoms with Gasteiger partial charge in [-0.3, -0.25) is 9.89 Å². The summed E-state index contributed by atoms with van der Waals surface area (Å²) in [6, 6.07) is 3.65. The minimum absolute atomic E-state index is 0.258. The Kier molecular flexibility index (Phi) is 2.63. The molecule has 2 aromatic heterocycles. The number of H-pyrrole nitrogens is 1. The van der Waals surface area contributed by atoms with Gasteiger partial charge in [0.25, 0.3) is 5.91 Å². The number of furan rings is 1. The smallest absolute Gasteiger partial charge is 0.257 e. The first-order valence-corrected chi connectivity index (χ1v) is 4.79. The number of nitrogens with zero attached hydrogens (tertiary/aromatic N) is 1. The summed E-state index contributed by atoms with van der Waals surface area (Å²) in [4.78, 5) is 11.6. The zero-order chi connectivity index (χ0) is 11.5. The van der Waals surface area contributed by atoms with Gasteiger partial charge in [0, 0.05) is 0 Å². The van der Waals surface area contributed by atoms with E-state index in [2.05, 4.69) is 15.5 Å². The molecule has 2 rings (SSSR count). The van der Waals surface area contributed by atoms with E-state index < -0.39 is 0 Å². The van der Waals surface area contributed by atoms with E-state index in [0.717, 1.165) is 5.76 Å². The van der Waals surface area contributed by atoms with Crippen molar-refractivity contribution >= 4 is 11.7 Å². The molecule has 6 heteroatoms. The highest BCUT2D eigenvalue weighted by Crippen LogP contribution is 2.08. The fourth-order valence-corrected chi connectivity index (χ4v) is 1.32. The first-order valence-electron chi connectivity index (χ1n) is 4.79. The zero-order valence-electron chi connectivity index (χ0n) is 8.78. The number of hydrogen-bond acceptors (Lipinski definition) is 4. The predicted octanol–water partition coefficient (Wildman–Crippen LogP) is 0.823. The maximum absolute atomic E-state index is 11.6. The Balaban J connectivity index is 1.96. The monoisotopic (exact) mass is 220 g/mol. The Labute approximate surface area is 91.8 Å². The molecule has 0 saturated carbocycles. The van der Waals surface area contributed by atoms with Crippen molar-refractivity contribution in [2.75, 3.05) is 5.73 Å². The van der Waals surface area contributed by atoms with Crippen molar-refractivity contribution in [2.45, 2.75) is 13.5 Å². The predicted molar refractivity (Wildman–Crippen MR) is 57.6 cm³/mol. The zero-order valence-corrected chi connectivity index (χ0v) is 8.78. The molecule has 2 heterocycles. The van der Waals surface area contributed by atoms with Crippen molar-refractivity contribution in [1.29, 1.82) is 0 Å². The lowest BCUT2D eigenvalue weighted by Crippen LogP contribution is -2.22. The van der Waals surface area contributed by atoms with Crippen LogP contribution in [0.3, 0.4) is 0 Å². The molecule has 0 atom stereocenters. The number of rotatable bonds is 3. The average Bonchev–Trinajstić information content (AvgIpc) is 2.84. The standard InChI is InChI=1S/C10H12N4O2/c1-6-2-3-7(16-6)4-12-10(15)8-5-13-14-9(8)11/h2-3,5H,4H2,1H3,(H,12,15)(H3,11,13,14). The fraction of sp³-hybridized carbons (Fsp3) is 0.200. The quantitative estimate of drug-likeness (QED) is 0.713. The van der Waals surface area contributed by atoms with Crippen LogP contribution in [0, 0.1) is 6.92 Å². The molecule has 0 spiro atoms. The molecule has 0 unspecified atom stereocenters. The third kappa shape index (κ3) is 2.05. The molecule has 4 N–H and O–H groups in total. The highest BCUT2D eigenvalue weighted by Gasteiger charge is 2.11. The van der Waals surface area contributed by atoms with Crippen LogP contribution in [0.1, 0.15) is 21.9 Å². The molecule has 0 saturated heterocycles. The largest absolute Gasteiger partial charge is 0.465 e. The maximum Gasteiger partial charge on any atom is 0.257 e. The Morgan fingerprint density at radius 3 is 3.00 bits per heavy atom. The van der Waals surface area contributed by atoms with Gasteiger partial charge in [-0.1, -0.05) is 0 Å². The number of aromatic nitrogens is 2. The number of nitrogens with two attached hydrogens (primary N) is 1. The van der Waals surface area contributed by atoms with Crippen molar-refractivity contribution in [3.63, 3.8) is 0 Å². The molecule has 0 aromatic carbocycles. The van der Waals surface area contributed by atoms with Gasteiger partial charge in [0.05, 0.1) is 12.7 Å². The van der Waals surface area contributed by atoms with Crippen LogP contribution in [0.2, 0.25) is 0 Å². The summed E-state index contributed by atoms with van der Waals surface area (Å²) in [5.74, 6) is 1.49.